The minimum atomic E-state index is -0.274. The second-order valence-electron chi connectivity index (χ2n) is 6.40. The standard InChI is InChI=1S/C22H19FN2O3S/c23-16-4-6-17(7-5-16)25-29-19-9-2-15(3-10-19)22(26)24-18-8-11-20-21(14-18)28-13-1-12-27-20/h2-11,14,25H,1,12-13H2,(H,24,26). The predicted molar refractivity (Wildman–Crippen MR) is 112 cm³/mol. The highest BCUT2D eigenvalue weighted by molar-refractivity contribution is 8.00. The van der Waals surface area contributed by atoms with Gasteiger partial charge in [-0.25, -0.2) is 4.39 Å². The molecule has 0 fully saturated rings. The van der Waals surface area contributed by atoms with Crippen molar-refractivity contribution in [2.24, 2.45) is 0 Å². The second kappa shape index (κ2) is 8.87. The third-order valence-corrected chi connectivity index (χ3v) is 5.10. The van der Waals surface area contributed by atoms with Gasteiger partial charge in [-0.05, 0) is 72.6 Å². The first kappa shape index (κ1) is 19.1. The number of benzene rings is 3. The van der Waals surface area contributed by atoms with Crippen LogP contribution in [0, 0.1) is 5.82 Å². The third kappa shape index (κ3) is 5.00. The van der Waals surface area contributed by atoms with Crippen LogP contribution < -0.4 is 19.5 Å². The Hall–Kier alpha value is -3.19. The van der Waals surface area contributed by atoms with E-state index in [2.05, 4.69) is 10.0 Å². The number of ether oxygens (including phenoxy) is 2. The number of amides is 1. The lowest BCUT2D eigenvalue weighted by atomic mass is 10.2. The van der Waals surface area contributed by atoms with Crippen molar-refractivity contribution in [2.45, 2.75) is 11.3 Å². The highest BCUT2D eigenvalue weighted by Crippen LogP contribution is 2.32. The maximum Gasteiger partial charge on any atom is 0.255 e. The van der Waals surface area contributed by atoms with Crippen molar-refractivity contribution in [3.63, 3.8) is 0 Å². The molecular weight excluding hydrogens is 391 g/mol. The minimum absolute atomic E-state index is 0.206. The Morgan fingerprint density at radius 2 is 1.55 bits per heavy atom. The van der Waals surface area contributed by atoms with E-state index in [-0.39, 0.29) is 11.7 Å². The molecule has 3 aromatic carbocycles. The molecular formula is C22H19FN2O3S. The first-order valence-electron chi connectivity index (χ1n) is 9.17. The molecule has 1 heterocycles. The molecule has 0 unspecified atom stereocenters. The van der Waals surface area contributed by atoms with Crippen LogP contribution in [0.2, 0.25) is 0 Å². The van der Waals surface area contributed by atoms with Crippen LogP contribution in [0.3, 0.4) is 0 Å². The summed E-state index contributed by atoms with van der Waals surface area (Å²) in [6.07, 6.45) is 0.830. The zero-order chi connectivity index (χ0) is 20.1. The van der Waals surface area contributed by atoms with E-state index in [1.165, 1.54) is 24.1 Å². The van der Waals surface area contributed by atoms with Gasteiger partial charge in [0, 0.05) is 34.3 Å². The normalized spacial score (nSPS) is 12.7. The van der Waals surface area contributed by atoms with E-state index < -0.39 is 0 Å². The van der Waals surface area contributed by atoms with Crippen molar-refractivity contribution in [1.82, 2.24) is 0 Å². The number of hydrogen-bond acceptors (Lipinski definition) is 5. The summed E-state index contributed by atoms with van der Waals surface area (Å²) in [7, 11) is 0. The Balaban J connectivity index is 1.36. The summed E-state index contributed by atoms with van der Waals surface area (Å²) in [6, 6.07) is 18.7. The van der Waals surface area contributed by atoms with Gasteiger partial charge in [0.1, 0.15) is 5.82 Å². The Bertz CT molecular complexity index is 994. The van der Waals surface area contributed by atoms with E-state index in [0.717, 1.165) is 17.0 Å². The summed E-state index contributed by atoms with van der Waals surface area (Å²) >= 11 is 1.39. The van der Waals surface area contributed by atoms with Gasteiger partial charge in [0.25, 0.3) is 5.91 Å². The number of anilines is 2. The van der Waals surface area contributed by atoms with Gasteiger partial charge in [0.2, 0.25) is 0 Å². The van der Waals surface area contributed by atoms with Gasteiger partial charge in [0.15, 0.2) is 11.5 Å². The Morgan fingerprint density at radius 3 is 2.31 bits per heavy atom. The lowest BCUT2D eigenvalue weighted by Gasteiger charge is -2.11. The lowest BCUT2D eigenvalue weighted by Crippen LogP contribution is -2.11. The third-order valence-electron chi connectivity index (χ3n) is 4.25. The van der Waals surface area contributed by atoms with E-state index in [1.807, 2.05) is 12.1 Å². The maximum absolute atomic E-state index is 12.9. The number of nitrogens with one attached hydrogen (secondary N) is 2. The van der Waals surface area contributed by atoms with E-state index >= 15 is 0 Å². The van der Waals surface area contributed by atoms with Gasteiger partial charge in [-0.3, -0.25) is 4.79 Å². The molecule has 1 aliphatic heterocycles. The SMILES string of the molecule is O=C(Nc1ccc2c(c1)OCCCO2)c1ccc(SNc2ccc(F)cc2)cc1. The van der Waals surface area contributed by atoms with Gasteiger partial charge >= 0.3 is 0 Å². The van der Waals surface area contributed by atoms with Crippen LogP contribution in [-0.2, 0) is 0 Å². The topological polar surface area (TPSA) is 59.6 Å². The number of fused-ring (bicyclic) bond motifs is 1. The molecule has 2 N–H and O–H groups in total. The molecule has 0 aliphatic carbocycles. The predicted octanol–water partition coefficient (Wildman–Crippen LogP) is 5.36. The summed E-state index contributed by atoms with van der Waals surface area (Å²) < 4.78 is 27.3. The molecule has 0 bridgehead atoms. The largest absolute Gasteiger partial charge is 0.490 e. The molecule has 4 rings (SSSR count). The molecule has 148 valence electrons. The highest BCUT2D eigenvalue weighted by atomic mass is 32.2. The fourth-order valence-electron chi connectivity index (χ4n) is 2.75. The molecule has 0 atom stereocenters. The Kier molecular flexibility index (Phi) is 5.86. The first-order valence-corrected chi connectivity index (χ1v) is 9.98. The first-order chi connectivity index (χ1) is 14.2. The van der Waals surface area contributed by atoms with E-state index in [0.29, 0.717) is 36.0 Å². The molecule has 0 spiro atoms. The molecule has 0 aromatic heterocycles. The molecule has 7 heteroatoms. The van der Waals surface area contributed by atoms with Gasteiger partial charge in [-0.2, -0.15) is 0 Å². The van der Waals surface area contributed by atoms with E-state index in [1.54, 1.807) is 42.5 Å². The fraction of sp³-hybridized carbons (Fsp3) is 0.136. The summed E-state index contributed by atoms with van der Waals surface area (Å²) in [4.78, 5) is 13.5. The van der Waals surface area contributed by atoms with Crippen molar-refractivity contribution in [2.75, 3.05) is 23.3 Å². The van der Waals surface area contributed by atoms with Crippen molar-refractivity contribution in [3.05, 3.63) is 78.1 Å². The van der Waals surface area contributed by atoms with Gasteiger partial charge < -0.3 is 19.5 Å². The maximum atomic E-state index is 12.9. The Morgan fingerprint density at radius 1 is 0.862 bits per heavy atom. The summed E-state index contributed by atoms with van der Waals surface area (Å²) in [6.45, 7) is 1.22. The monoisotopic (exact) mass is 410 g/mol. The number of halogens is 1. The molecule has 0 saturated carbocycles. The molecule has 1 aliphatic rings. The fourth-order valence-corrected chi connectivity index (χ4v) is 3.40. The van der Waals surface area contributed by atoms with Gasteiger partial charge in [0.05, 0.1) is 13.2 Å². The second-order valence-corrected chi connectivity index (χ2v) is 7.28. The van der Waals surface area contributed by atoms with E-state index in [4.69, 9.17) is 9.47 Å². The number of hydrogen-bond donors (Lipinski definition) is 2. The van der Waals surface area contributed by atoms with Crippen LogP contribution in [-0.4, -0.2) is 19.1 Å². The molecule has 0 radical (unpaired) electrons. The number of carbonyl (C=O) groups is 1. The van der Waals surface area contributed by atoms with Crippen LogP contribution in [0.4, 0.5) is 15.8 Å². The quantitative estimate of drug-likeness (QED) is 0.555. The van der Waals surface area contributed by atoms with Crippen molar-refractivity contribution < 1.29 is 18.7 Å². The lowest BCUT2D eigenvalue weighted by molar-refractivity contribution is 0.102. The van der Waals surface area contributed by atoms with Crippen LogP contribution >= 0.6 is 11.9 Å². The zero-order valence-corrected chi connectivity index (χ0v) is 16.3. The van der Waals surface area contributed by atoms with Gasteiger partial charge in [-0.15, -0.1) is 0 Å². The van der Waals surface area contributed by atoms with Crippen LogP contribution in [0.5, 0.6) is 11.5 Å². The highest BCUT2D eigenvalue weighted by Gasteiger charge is 2.12. The zero-order valence-electron chi connectivity index (χ0n) is 15.5. The van der Waals surface area contributed by atoms with Crippen LogP contribution in [0.15, 0.2) is 71.6 Å². The molecule has 1 amide bonds. The molecule has 5 nitrogen and oxygen atoms in total. The summed E-state index contributed by atoms with van der Waals surface area (Å²) in [5, 5.41) is 2.88. The molecule has 29 heavy (non-hydrogen) atoms. The van der Waals surface area contributed by atoms with Crippen molar-refractivity contribution in [3.8, 4) is 11.5 Å². The smallest absolute Gasteiger partial charge is 0.255 e. The molecule has 3 aromatic rings. The van der Waals surface area contributed by atoms with Crippen LogP contribution in [0.1, 0.15) is 16.8 Å². The number of carbonyl (C=O) groups excluding carboxylic acids is 1. The minimum Gasteiger partial charge on any atom is -0.490 e. The molecule has 0 saturated heterocycles. The summed E-state index contributed by atoms with van der Waals surface area (Å²) in [5.74, 6) is 0.849. The van der Waals surface area contributed by atoms with Gasteiger partial charge in [-0.1, -0.05) is 0 Å². The van der Waals surface area contributed by atoms with Crippen molar-refractivity contribution in [1.29, 1.82) is 0 Å². The van der Waals surface area contributed by atoms with E-state index in [9.17, 15) is 9.18 Å². The van der Waals surface area contributed by atoms with Crippen molar-refractivity contribution >= 4 is 29.2 Å². The summed E-state index contributed by atoms with van der Waals surface area (Å²) in [5.41, 5.74) is 1.99. The average Bonchev–Trinajstić information content (AvgIpc) is 2.99. The van der Waals surface area contributed by atoms with Crippen LogP contribution in [0.25, 0.3) is 0 Å². The Labute approximate surface area is 172 Å². The number of rotatable bonds is 5. The average molecular weight is 410 g/mol.